The minimum atomic E-state index is -0.148. The predicted octanol–water partition coefficient (Wildman–Crippen LogP) is 3.53. The van der Waals surface area contributed by atoms with Crippen molar-refractivity contribution in [3.63, 3.8) is 0 Å². The lowest BCUT2D eigenvalue weighted by atomic mass is 10.1. The molecule has 2 aromatic carbocycles. The van der Waals surface area contributed by atoms with Crippen LogP contribution in [-0.2, 0) is 0 Å². The summed E-state index contributed by atoms with van der Waals surface area (Å²) in [5.41, 5.74) is 1.81. The Morgan fingerprint density at radius 2 is 1.86 bits per heavy atom. The van der Waals surface area contributed by atoms with Crippen molar-refractivity contribution in [3.8, 4) is 17.6 Å². The van der Waals surface area contributed by atoms with E-state index in [1.54, 1.807) is 29.2 Å². The minimum absolute atomic E-state index is 0. The second-order valence-corrected chi connectivity index (χ2v) is 7.63. The van der Waals surface area contributed by atoms with E-state index >= 15 is 0 Å². The molecule has 150 valence electrons. The van der Waals surface area contributed by atoms with Gasteiger partial charge in [-0.3, -0.25) is 9.69 Å². The molecule has 3 aromatic rings. The first-order chi connectivity index (χ1) is 13.5. The number of fused-ring (bicyclic) bond motifs is 2. The van der Waals surface area contributed by atoms with E-state index in [1.165, 1.54) is 11.3 Å². The van der Waals surface area contributed by atoms with Crippen molar-refractivity contribution in [1.29, 1.82) is 5.26 Å². The topological polar surface area (TPSA) is 78.7 Å². The number of amides is 1. The molecule has 0 radical (unpaired) electrons. The molecule has 1 aromatic heterocycles. The van der Waals surface area contributed by atoms with Crippen LogP contribution < -0.4 is 14.4 Å². The predicted molar refractivity (Wildman–Crippen MR) is 114 cm³/mol. The molecule has 0 saturated heterocycles. The summed E-state index contributed by atoms with van der Waals surface area (Å²) in [6, 6.07) is 12.5. The third kappa shape index (κ3) is 4.27. The number of nitrogens with zero attached hydrogens (tertiary/aromatic N) is 4. The monoisotopic (exact) mass is 430 g/mol. The quantitative estimate of drug-likeness (QED) is 0.616. The van der Waals surface area contributed by atoms with Crippen molar-refractivity contribution in [1.82, 2.24) is 9.88 Å². The molecule has 29 heavy (non-hydrogen) atoms. The standard InChI is InChI=1S/C20H18N4O3S.ClH/c1-23(2)7-8-24(19(25)14-5-3-13(11-21)4-6-14)20-22-15-9-16-17(27-12-26-16)10-18(15)28-20;/h3-6,9-10H,7-8,12H2,1-2H3;1H. The van der Waals surface area contributed by atoms with E-state index in [2.05, 4.69) is 11.1 Å². The molecule has 0 saturated carbocycles. The summed E-state index contributed by atoms with van der Waals surface area (Å²) >= 11 is 1.44. The molecule has 1 amide bonds. The summed E-state index contributed by atoms with van der Waals surface area (Å²) in [7, 11) is 3.92. The average molecular weight is 431 g/mol. The van der Waals surface area contributed by atoms with Crippen LogP contribution in [-0.4, -0.2) is 49.8 Å². The molecule has 7 nitrogen and oxygen atoms in total. The van der Waals surface area contributed by atoms with Crippen LogP contribution in [0.2, 0.25) is 0 Å². The lowest BCUT2D eigenvalue weighted by Crippen LogP contribution is -2.36. The highest BCUT2D eigenvalue weighted by Crippen LogP contribution is 2.40. The molecule has 2 heterocycles. The highest BCUT2D eigenvalue weighted by molar-refractivity contribution is 7.22. The molecule has 0 bridgehead atoms. The van der Waals surface area contributed by atoms with E-state index in [9.17, 15) is 4.79 Å². The number of halogens is 1. The Morgan fingerprint density at radius 3 is 2.52 bits per heavy atom. The molecular formula is C20H19ClN4O3S. The van der Waals surface area contributed by atoms with Gasteiger partial charge in [-0.15, -0.1) is 12.4 Å². The highest BCUT2D eigenvalue weighted by Gasteiger charge is 2.23. The van der Waals surface area contributed by atoms with Gasteiger partial charge in [-0.25, -0.2) is 4.98 Å². The average Bonchev–Trinajstić information content (AvgIpc) is 3.31. The van der Waals surface area contributed by atoms with Crippen molar-refractivity contribution in [2.24, 2.45) is 0 Å². The smallest absolute Gasteiger partial charge is 0.260 e. The maximum absolute atomic E-state index is 13.2. The molecule has 4 rings (SSSR count). The molecule has 0 atom stereocenters. The summed E-state index contributed by atoms with van der Waals surface area (Å²) in [6.07, 6.45) is 0. The van der Waals surface area contributed by atoms with E-state index < -0.39 is 0 Å². The Balaban J connectivity index is 0.00000240. The van der Waals surface area contributed by atoms with E-state index in [0.717, 1.165) is 10.2 Å². The summed E-state index contributed by atoms with van der Waals surface area (Å²) in [5.74, 6) is 1.22. The number of nitriles is 1. The fourth-order valence-corrected chi connectivity index (χ4v) is 3.85. The van der Waals surface area contributed by atoms with Gasteiger partial charge in [0.1, 0.15) is 0 Å². The number of thiazole rings is 1. The normalized spacial score (nSPS) is 11.9. The first kappa shape index (κ1) is 20.9. The van der Waals surface area contributed by atoms with Gasteiger partial charge in [0.15, 0.2) is 16.6 Å². The fraction of sp³-hybridized carbons (Fsp3) is 0.250. The number of carbonyl (C=O) groups is 1. The molecule has 0 N–H and O–H groups in total. The van der Waals surface area contributed by atoms with Crippen LogP contribution in [0.15, 0.2) is 36.4 Å². The van der Waals surface area contributed by atoms with Gasteiger partial charge in [0, 0.05) is 30.8 Å². The molecule has 1 aliphatic heterocycles. The lowest BCUT2D eigenvalue weighted by molar-refractivity contribution is 0.0985. The largest absolute Gasteiger partial charge is 0.454 e. The van der Waals surface area contributed by atoms with Crippen LogP contribution in [0, 0.1) is 11.3 Å². The molecule has 0 aliphatic carbocycles. The van der Waals surface area contributed by atoms with Gasteiger partial charge in [0.05, 0.1) is 21.8 Å². The second-order valence-electron chi connectivity index (χ2n) is 6.62. The van der Waals surface area contributed by atoms with E-state index in [1.807, 2.05) is 31.1 Å². The minimum Gasteiger partial charge on any atom is -0.454 e. The number of likely N-dealkylation sites (N-methyl/N-ethyl adjacent to an activating group) is 1. The van der Waals surface area contributed by atoms with Gasteiger partial charge in [0.25, 0.3) is 5.91 Å². The third-order valence-corrected chi connectivity index (χ3v) is 5.42. The van der Waals surface area contributed by atoms with Crippen LogP contribution in [0.5, 0.6) is 11.5 Å². The first-order valence-corrected chi connectivity index (χ1v) is 9.54. The van der Waals surface area contributed by atoms with Gasteiger partial charge in [-0.2, -0.15) is 5.26 Å². The maximum Gasteiger partial charge on any atom is 0.260 e. The molecule has 9 heteroatoms. The number of carbonyl (C=O) groups excluding carboxylic acids is 1. The Hall–Kier alpha value is -2.86. The third-order valence-electron chi connectivity index (χ3n) is 4.38. The highest BCUT2D eigenvalue weighted by atomic mass is 35.5. The zero-order chi connectivity index (χ0) is 19.7. The van der Waals surface area contributed by atoms with E-state index in [4.69, 9.17) is 14.7 Å². The van der Waals surface area contributed by atoms with Gasteiger partial charge < -0.3 is 14.4 Å². The molecule has 0 fully saturated rings. The van der Waals surface area contributed by atoms with Crippen LogP contribution in [0.4, 0.5) is 5.13 Å². The number of ether oxygens (including phenoxy) is 2. The molecule has 0 unspecified atom stereocenters. The zero-order valence-corrected chi connectivity index (χ0v) is 17.5. The summed E-state index contributed by atoms with van der Waals surface area (Å²) < 4.78 is 11.8. The van der Waals surface area contributed by atoms with E-state index in [0.29, 0.717) is 40.8 Å². The Labute approximate surface area is 178 Å². The van der Waals surface area contributed by atoms with Crippen molar-refractivity contribution < 1.29 is 14.3 Å². The second kappa shape index (κ2) is 8.66. The lowest BCUT2D eigenvalue weighted by Gasteiger charge is -2.22. The number of anilines is 1. The fourth-order valence-electron chi connectivity index (χ4n) is 2.85. The van der Waals surface area contributed by atoms with Crippen LogP contribution in [0.1, 0.15) is 15.9 Å². The van der Waals surface area contributed by atoms with Gasteiger partial charge >= 0.3 is 0 Å². The SMILES string of the molecule is CN(C)CCN(C(=O)c1ccc(C#N)cc1)c1nc2cc3c(cc2s1)OCO3.Cl. The number of hydrogen-bond donors (Lipinski definition) is 0. The van der Waals surface area contributed by atoms with Crippen molar-refractivity contribution >= 4 is 45.0 Å². The molecule has 1 aliphatic rings. The van der Waals surface area contributed by atoms with Gasteiger partial charge in [-0.05, 0) is 38.4 Å². The summed E-state index contributed by atoms with van der Waals surface area (Å²) in [5, 5.41) is 9.59. The summed E-state index contributed by atoms with van der Waals surface area (Å²) in [4.78, 5) is 21.5. The van der Waals surface area contributed by atoms with E-state index in [-0.39, 0.29) is 25.1 Å². The number of rotatable bonds is 5. The van der Waals surface area contributed by atoms with Gasteiger partial charge in [-0.1, -0.05) is 11.3 Å². The van der Waals surface area contributed by atoms with Crippen LogP contribution in [0.25, 0.3) is 10.2 Å². The number of benzene rings is 2. The Kier molecular flexibility index (Phi) is 6.23. The van der Waals surface area contributed by atoms with Gasteiger partial charge in [0.2, 0.25) is 6.79 Å². The Morgan fingerprint density at radius 1 is 1.17 bits per heavy atom. The van der Waals surface area contributed by atoms with Crippen LogP contribution >= 0.6 is 23.7 Å². The zero-order valence-electron chi connectivity index (χ0n) is 15.9. The van der Waals surface area contributed by atoms with Crippen molar-refractivity contribution in [3.05, 3.63) is 47.5 Å². The molecular weight excluding hydrogens is 412 g/mol. The van der Waals surface area contributed by atoms with Crippen molar-refractivity contribution in [2.75, 3.05) is 38.9 Å². The molecule has 0 spiro atoms. The van der Waals surface area contributed by atoms with Crippen molar-refractivity contribution in [2.45, 2.75) is 0 Å². The Bertz CT molecular complexity index is 1030. The maximum atomic E-state index is 13.2. The number of aromatic nitrogens is 1. The number of hydrogen-bond acceptors (Lipinski definition) is 7. The first-order valence-electron chi connectivity index (χ1n) is 8.72. The van der Waals surface area contributed by atoms with Crippen LogP contribution in [0.3, 0.4) is 0 Å². The summed E-state index contributed by atoms with van der Waals surface area (Å²) in [6.45, 7) is 1.41.